The molecule has 2 N–H and O–H groups in total. The Kier molecular flexibility index (Phi) is 10.1. The second-order valence-electron chi connectivity index (χ2n) is 6.35. The Morgan fingerprint density at radius 1 is 0.750 bits per heavy atom. The average molecular weight is 447 g/mol. The third-order valence-corrected chi connectivity index (χ3v) is 4.14. The molecule has 0 fully saturated rings. The highest BCUT2D eigenvalue weighted by Gasteiger charge is 2.19. The summed E-state index contributed by atoms with van der Waals surface area (Å²) in [5.74, 6) is 0.518. The van der Waals surface area contributed by atoms with Crippen LogP contribution in [0.4, 0.5) is 0 Å². The fraction of sp³-hybridized carbons (Fsp3) is 0.391. The highest BCUT2D eigenvalue weighted by Crippen LogP contribution is 2.39. The molecule has 0 aliphatic heterocycles. The molecule has 0 aliphatic rings. The summed E-state index contributed by atoms with van der Waals surface area (Å²) in [6.45, 7) is 7.35. The van der Waals surface area contributed by atoms with Crippen molar-refractivity contribution < 1.29 is 33.3 Å². The van der Waals surface area contributed by atoms with Crippen LogP contribution in [0.15, 0.2) is 36.4 Å². The Balaban J connectivity index is 2.16. The molecule has 0 atom stereocenters. The number of carbonyl (C=O) groups is 2. The number of rotatable bonds is 12. The summed E-state index contributed by atoms with van der Waals surface area (Å²) >= 11 is 0. The smallest absolute Gasteiger partial charge is 0.273 e. The van der Waals surface area contributed by atoms with Crippen molar-refractivity contribution in [1.29, 1.82) is 0 Å². The van der Waals surface area contributed by atoms with E-state index in [0.717, 1.165) is 0 Å². The normalized spacial score (nSPS) is 10.2. The average Bonchev–Trinajstić information content (AvgIpc) is 2.80. The van der Waals surface area contributed by atoms with Crippen molar-refractivity contribution in [2.24, 2.45) is 0 Å². The molecule has 9 nitrogen and oxygen atoms in total. The van der Waals surface area contributed by atoms with E-state index in [-0.39, 0.29) is 11.1 Å². The third-order valence-electron chi connectivity index (χ3n) is 4.14. The van der Waals surface area contributed by atoms with Gasteiger partial charge in [-0.1, -0.05) is 12.1 Å². The van der Waals surface area contributed by atoms with Gasteiger partial charge in [0, 0.05) is 12.7 Å². The Hall–Kier alpha value is -3.46. The van der Waals surface area contributed by atoms with Crippen LogP contribution in [0.2, 0.25) is 0 Å². The number of methoxy groups -OCH3 is 1. The Morgan fingerprint density at radius 2 is 1.34 bits per heavy atom. The van der Waals surface area contributed by atoms with E-state index in [2.05, 4.69) is 10.9 Å². The summed E-state index contributed by atoms with van der Waals surface area (Å²) in [6.07, 6.45) is 0. The van der Waals surface area contributed by atoms with Gasteiger partial charge in [-0.15, -0.1) is 0 Å². The molecular formula is C23H30N2O7. The number of para-hydroxylation sites is 1. The van der Waals surface area contributed by atoms with Crippen molar-refractivity contribution in [2.45, 2.75) is 20.8 Å². The molecule has 0 bridgehead atoms. The van der Waals surface area contributed by atoms with Crippen LogP contribution < -0.4 is 29.8 Å². The maximum Gasteiger partial charge on any atom is 0.273 e. The zero-order valence-electron chi connectivity index (χ0n) is 18.9. The van der Waals surface area contributed by atoms with E-state index in [1.165, 1.54) is 0 Å². The predicted octanol–water partition coefficient (Wildman–Crippen LogP) is 2.98. The summed E-state index contributed by atoms with van der Waals surface area (Å²) in [4.78, 5) is 25.3. The summed E-state index contributed by atoms with van der Waals surface area (Å²) in [7, 11) is 1.56. The Bertz CT molecular complexity index is 875. The first-order valence-corrected chi connectivity index (χ1v) is 10.4. The molecule has 0 heterocycles. The fourth-order valence-corrected chi connectivity index (χ4v) is 2.79. The quantitative estimate of drug-likeness (QED) is 0.382. The second kappa shape index (κ2) is 13.1. The summed E-state index contributed by atoms with van der Waals surface area (Å²) in [5.41, 5.74) is 5.34. The van der Waals surface area contributed by atoms with Gasteiger partial charge in [-0.2, -0.15) is 0 Å². The maximum absolute atomic E-state index is 12.7. The Morgan fingerprint density at radius 3 is 1.94 bits per heavy atom. The minimum absolute atomic E-state index is 0.241. The van der Waals surface area contributed by atoms with Crippen LogP contribution in [0.3, 0.4) is 0 Å². The van der Waals surface area contributed by atoms with Gasteiger partial charge in [0.25, 0.3) is 11.8 Å². The molecule has 9 heteroatoms. The number of nitrogens with one attached hydrogen (secondary N) is 2. The van der Waals surface area contributed by atoms with Crippen LogP contribution in [-0.2, 0) is 4.74 Å². The first kappa shape index (κ1) is 24.8. The SMILES string of the molecule is CCOc1cc(C(=O)NNC(=O)c2ccccc2OCCOC)cc(OCC)c1OCC. The molecule has 0 radical (unpaired) electrons. The molecule has 0 saturated heterocycles. The molecule has 32 heavy (non-hydrogen) atoms. The molecule has 174 valence electrons. The molecule has 2 aromatic carbocycles. The minimum Gasteiger partial charge on any atom is -0.490 e. The number of hydrogen-bond donors (Lipinski definition) is 2. The summed E-state index contributed by atoms with van der Waals surface area (Å²) < 4.78 is 27.4. The van der Waals surface area contributed by atoms with E-state index in [1.54, 1.807) is 43.5 Å². The number of ether oxygens (including phenoxy) is 5. The van der Waals surface area contributed by atoms with Crippen LogP contribution in [0.5, 0.6) is 23.0 Å². The lowest BCUT2D eigenvalue weighted by Crippen LogP contribution is -2.41. The number of amides is 2. The lowest BCUT2D eigenvalue weighted by atomic mass is 10.1. The minimum atomic E-state index is -0.541. The topological polar surface area (TPSA) is 104 Å². The van der Waals surface area contributed by atoms with Crippen LogP contribution in [0.1, 0.15) is 41.5 Å². The van der Waals surface area contributed by atoms with E-state index >= 15 is 0 Å². The van der Waals surface area contributed by atoms with Crippen molar-refractivity contribution in [3.63, 3.8) is 0 Å². The van der Waals surface area contributed by atoms with Crippen LogP contribution in [0.25, 0.3) is 0 Å². The van der Waals surface area contributed by atoms with E-state index in [9.17, 15) is 9.59 Å². The monoisotopic (exact) mass is 446 g/mol. The van der Waals surface area contributed by atoms with Gasteiger partial charge in [-0.05, 0) is 45.0 Å². The largest absolute Gasteiger partial charge is 0.490 e. The van der Waals surface area contributed by atoms with Crippen LogP contribution in [0, 0.1) is 0 Å². The summed E-state index contributed by atoms with van der Waals surface area (Å²) in [6, 6.07) is 9.81. The van der Waals surface area contributed by atoms with E-state index < -0.39 is 11.8 Å². The molecule has 0 aromatic heterocycles. The van der Waals surface area contributed by atoms with Gasteiger partial charge in [0.05, 0.1) is 32.0 Å². The molecule has 2 aromatic rings. The molecule has 2 amide bonds. The predicted molar refractivity (Wildman–Crippen MR) is 119 cm³/mol. The van der Waals surface area contributed by atoms with Crippen molar-refractivity contribution in [2.75, 3.05) is 40.1 Å². The van der Waals surface area contributed by atoms with Gasteiger partial charge in [-0.25, -0.2) is 0 Å². The van der Waals surface area contributed by atoms with Gasteiger partial charge < -0.3 is 23.7 Å². The standard InChI is InChI=1S/C23H30N2O7/c1-5-29-19-14-16(15-20(30-6-2)21(19)31-7-3)22(26)24-25-23(27)17-10-8-9-11-18(17)32-13-12-28-4/h8-11,14-15H,5-7,12-13H2,1-4H3,(H,24,26)(H,25,27). The van der Waals surface area contributed by atoms with E-state index in [0.29, 0.717) is 56.0 Å². The van der Waals surface area contributed by atoms with Crippen LogP contribution in [-0.4, -0.2) is 52.0 Å². The number of hydrazine groups is 1. The number of benzene rings is 2. The third kappa shape index (κ3) is 6.78. The van der Waals surface area contributed by atoms with E-state index in [1.807, 2.05) is 20.8 Å². The zero-order chi connectivity index (χ0) is 23.3. The van der Waals surface area contributed by atoms with Gasteiger partial charge in [0.1, 0.15) is 12.4 Å². The molecular weight excluding hydrogens is 416 g/mol. The first-order chi connectivity index (χ1) is 15.5. The molecule has 0 saturated carbocycles. The van der Waals surface area contributed by atoms with Crippen molar-refractivity contribution in [1.82, 2.24) is 10.9 Å². The maximum atomic E-state index is 12.7. The molecule has 2 rings (SSSR count). The first-order valence-electron chi connectivity index (χ1n) is 10.4. The molecule has 0 aliphatic carbocycles. The van der Waals surface area contributed by atoms with Crippen molar-refractivity contribution in [3.05, 3.63) is 47.5 Å². The molecule has 0 spiro atoms. The van der Waals surface area contributed by atoms with Crippen molar-refractivity contribution in [3.8, 4) is 23.0 Å². The van der Waals surface area contributed by atoms with Gasteiger partial charge in [0.15, 0.2) is 11.5 Å². The molecule has 0 unspecified atom stereocenters. The number of hydrogen-bond acceptors (Lipinski definition) is 7. The van der Waals surface area contributed by atoms with Crippen molar-refractivity contribution >= 4 is 11.8 Å². The fourth-order valence-electron chi connectivity index (χ4n) is 2.79. The van der Waals surface area contributed by atoms with Gasteiger partial charge in [0.2, 0.25) is 5.75 Å². The summed E-state index contributed by atoms with van der Waals surface area (Å²) in [5, 5.41) is 0. The number of carbonyl (C=O) groups excluding carboxylic acids is 2. The van der Waals surface area contributed by atoms with E-state index in [4.69, 9.17) is 23.7 Å². The highest BCUT2D eigenvalue weighted by atomic mass is 16.5. The van der Waals surface area contributed by atoms with Crippen LogP contribution >= 0.6 is 0 Å². The van der Waals surface area contributed by atoms with Gasteiger partial charge >= 0.3 is 0 Å². The van der Waals surface area contributed by atoms with Gasteiger partial charge in [-0.3, -0.25) is 20.4 Å². The second-order valence-corrected chi connectivity index (χ2v) is 6.35. The zero-order valence-corrected chi connectivity index (χ0v) is 18.9. The lowest BCUT2D eigenvalue weighted by molar-refractivity contribution is 0.0842. The Labute approximate surface area is 187 Å². The highest BCUT2D eigenvalue weighted by molar-refractivity contribution is 6.01. The lowest BCUT2D eigenvalue weighted by Gasteiger charge is -2.17.